The molecule has 1 saturated heterocycles. The summed E-state index contributed by atoms with van der Waals surface area (Å²) < 4.78 is 5.11. The first-order chi connectivity index (χ1) is 17.0. The third-order valence-corrected chi connectivity index (χ3v) is 7.27. The van der Waals surface area contributed by atoms with Crippen LogP contribution in [0, 0.1) is 5.92 Å². The Kier molecular flexibility index (Phi) is 8.46. The number of piperidine rings is 1. The molecule has 1 aliphatic heterocycles. The monoisotopic (exact) mass is 497 g/mol. The lowest BCUT2D eigenvalue weighted by Gasteiger charge is -2.31. The van der Waals surface area contributed by atoms with Gasteiger partial charge < -0.3 is 20.3 Å². The molecule has 1 fully saturated rings. The maximum Gasteiger partial charge on any atom is 0.286 e. The fourth-order valence-corrected chi connectivity index (χ4v) is 5.10. The van der Waals surface area contributed by atoms with Gasteiger partial charge in [0, 0.05) is 25.3 Å². The van der Waals surface area contributed by atoms with Crippen molar-refractivity contribution >= 4 is 34.7 Å². The number of anilines is 1. The van der Waals surface area contributed by atoms with E-state index in [9.17, 15) is 14.4 Å². The third-order valence-electron chi connectivity index (χ3n) is 6.36. The van der Waals surface area contributed by atoms with Crippen LogP contribution in [-0.4, -0.2) is 59.6 Å². The average Bonchev–Trinajstić information content (AvgIpc) is 3.40. The number of amides is 3. The molecule has 186 valence electrons. The quantitative estimate of drug-likeness (QED) is 0.538. The number of hydrogen-bond acceptors (Lipinski definition) is 7. The van der Waals surface area contributed by atoms with Crippen LogP contribution in [0.4, 0.5) is 5.69 Å². The number of carbonyl (C=O) groups is 3. The summed E-state index contributed by atoms with van der Waals surface area (Å²) in [5.41, 5.74) is 2.02. The normalized spacial score (nSPS) is 17.9. The van der Waals surface area contributed by atoms with E-state index in [0.717, 1.165) is 43.4 Å². The molecule has 0 spiro atoms. The minimum atomic E-state index is -0.435. The van der Waals surface area contributed by atoms with Crippen LogP contribution >= 0.6 is 11.3 Å². The molecule has 0 unspecified atom stereocenters. The predicted octanol–water partition coefficient (Wildman–Crippen LogP) is 3.66. The first kappa shape index (κ1) is 24.8. The number of nitrogens with zero attached hydrogens (tertiary/aromatic N) is 3. The maximum atomic E-state index is 13.0. The topological polar surface area (TPSA) is 114 Å². The van der Waals surface area contributed by atoms with E-state index in [1.54, 1.807) is 36.3 Å². The van der Waals surface area contributed by atoms with Gasteiger partial charge in [0.15, 0.2) is 0 Å². The van der Waals surface area contributed by atoms with Crippen LogP contribution in [0.2, 0.25) is 0 Å². The Balaban J connectivity index is 1.28. The summed E-state index contributed by atoms with van der Waals surface area (Å²) in [6.45, 7) is 1.54. The van der Waals surface area contributed by atoms with Crippen molar-refractivity contribution < 1.29 is 19.1 Å². The molecule has 2 heterocycles. The Hall–Kier alpha value is -3.27. The molecule has 0 bridgehead atoms. The van der Waals surface area contributed by atoms with E-state index in [-0.39, 0.29) is 27.7 Å². The molecule has 9 nitrogen and oxygen atoms in total. The summed E-state index contributed by atoms with van der Waals surface area (Å²) in [5, 5.41) is 13.9. The summed E-state index contributed by atoms with van der Waals surface area (Å²) >= 11 is 0.952. The predicted molar refractivity (Wildman–Crippen MR) is 134 cm³/mol. The fourth-order valence-electron chi connectivity index (χ4n) is 4.39. The van der Waals surface area contributed by atoms with Crippen LogP contribution in [0.25, 0.3) is 0 Å². The van der Waals surface area contributed by atoms with Crippen molar-refractivity contribution in [2.75, 3.05) is 32.1 Å². The van der Waals surface area contributed by atoms with Crippen molar-refractivity contribution in [2.24, 2.45) is 5.92 Å². The highest BCUT2D eigenvalue weighted by Crippen LogP contribution is 2.22. The number of likely N-dealkylation sites (tertiary alicyclic amines) is 1. The van der Waals surface area contributed by atoms with Gasteiger partial charge >= 0.3 is 0 Å². The molecule has 35 heavy (non-hydrogen) atoms. The molecule has 3 amide bonds. The van der Waals surface area contributed by atoms with E-state index in [4.69, 9.17) is 4.74 Å². The lowest BCUT2D eigenvalue weighted by molar-refractivity contribution is -0.126. The van der Waals surface area contributed by atoms with Crippen LogP contribution in [-0.2, 0) is 4.79 Å². The van der Waals surface area contributed by atoms with Gasteiger partial charge in [-0.15, -0.1) is 10.2 Å². The van der Waals surface area contributed by atoms with Gasteiger partial charge in [0.25, 0.3) is 11.8 Å². The fraction of sp³-hybridized carbons (Fsp3) is 0.480. The molecule has 0 radical (unpaired) electrons. The van der Waals surface area contributed by atoms with Gasteiger partial charge in [-0.1, -0.05) is 23.0 Å². The van der Waals surface area contributed by atoms with Crippen molar-refractivity contribution in [3.05, 3.63) is 45.9 Å². The second-order valence-electron chi connectivity index (χ2n) is 8.83. The van der Waals surface area contributed by atoms with Crippen LogP contribution < -0.4 is 15.4 Å². The molecule has 1 aromatic carbocycles. The molecule has 2 aliphatic rings. The number of methoxy groups -OCH3 is 1. The molecule has 2 N–H and O–H groups in total. The van der Waals surface area contributed by atoms with Crippen molar-refractivity contribution in [1.29, 1.82) is 0 Å². The lowest BCUT2D eigenvalue weighted by Crippen LogP contribution is -2.45. The average molecular weight is 498 g/mol. The second-order valence-corrected chi connectivity index (χ2v) is 9.81. The van der Waals surface area contributed by atoms with Crippen LogP contribution in [0.5, 0.6) is 5.75 Å². The lowest BCUT2D eigenvalue weighted by atomic mass is 9.96. The minimum Gasteiger partial charge on any atom is -0.497 e. The minimum absolute atomic E-state index is 0.00395. The SMILES string of the molecule is COc1ccc(NC(=O)c2nnc(C(=O)N3CCC[C@@H](C(=O)NCCC4=CCCCC4)C3)s2)cc1. The zero-order valence-corrected chi connectivity index (χ0v) is 20.7. The molecule has 2 aromatic rings. The van der Waals surface area contributed by atoms with Gasteiger partial charge in [-0.25, -0.2) is 0 Å². The summed E-state index contributed by atoms with van der Waals surface area (Å²) in [6.07, 6.45) is 9.45. The van der Waals surface area contributed by atoms with E-state index in [2.05, 4.69) is 26.9 Å². The zero-order valence-electron chi connectivity index (χ0n) is 19.9. The number of allylic oxidation sites excluding steroid dienone is 1. The van der Waals surface area contributed by atoms with Crippen LogP contribution in [0.3, 0.4) is 0 Å². The summed E-state index contributed by atoms with van der Waals surface area (Å²) in [4.78, 5) is 39.9. The Morgan fingerprint density at radius 2 is 1.91 bits per heavy atom. The number of benzene rings is 1. The largest absolute Gasteiger partial charge is 0.497 e. The van der Waals surface area contributed by atoms with Crippen molar-refractivity contribution in [3.8, 4) is 5.75 Å². The number of nitrogens with one attached hydrogen (secondary N) is 2. The van der Waals surface area contributed by atoms with Gasteiger partial charge in [-0.2, -0.15) is 0 Å². The highest BCUT2D eigenvalue weighted by molar-refractivity contribution is 7.15. The summed E-state index contributed by atoms with van der Waals surface area (Å²) in [7, 11) is 1.57. The molecular weight excluding hydrogens is 466 g/mol. The van der Waals surface area contributed by atoms with Gasteiger partial charge in [-0.05, 0) is 69.2 Å². The van der Waals surface area contributed by atoms with Crippen molar-refractivity contribution in [3.63, 3.8) is 0 Å². The van der Waals surface area contributed by atoms with Crippen LogP contribution in [0.15, 0.2) is 35.9 Å². The highest BCUT2D eigenvalue weighted by atomic mass is 32.1. The molecule has 1 atom stereocenters. The Bertz CT molecular complexity index is 1080. The van der Waals surface area contributed by atoms with E-state index >= 15 is 0 Å². The van der Waals surface area contributed by atoms with Crippen molar-refractivity contribution in [1.82, 2.24) is 20.4 Å². The zero-order chi connectivity index (χ0) is 24.6. The first-order valence-corrected chi connectivity index (χ1v) is 12.9. The summed E-state index contributed by atoms with van der Waals surface area (Å²) in [6, 6.07) is 6.91. The molecule has 1 aromatic heterocycles. The van der Waals surface area contributed by atoms with Gasteiger partial charge in [-0.3, -0.25) is 14.4 Å². The standard InChI is InChI=1S/C25H31N5O4S/c1-34-20-11-9-19(10-12-20)27-22(32)23-28-29-24(35-23)25(33)30-15-5-8-18(16-30)21(31)26-14-13-17-6-3-2-4-7-17/h6,9-12,18H,2-5,7-8,13-16H2,1H3,(H,26,31)(H,27,32)/t18-/m1/s1. The summed E-state index contributed by atoms with van der Waals surface area (Å²) in [5.74, 6) is -0.289. The van der Waals surface area contributed by atoms with E-state index in [1.165, 1.54) is 18.4 Å². The van der Waals surface area contributed by atoms with E-state index in [1.807, 2.05) is 0 Å². The van der Waals surface area contributed by atoms with E-state index < -0.39 is 5.91 Å². The first-order valence-electron chi connectivity index (χ1n) is 12.1. The number of rotatable bonds is 8. The molecule has 10 heteroatoms. The molecular formula is C25H31N5O4S. The maximum absolute atomic E-state index is 13.0. The number of hydrogen-bond donors (Lipinski definition) is 2. The highest BCUT2D eigenvalue weighted by Gasteiger charge is 2.30. The molecule has 1 aliphatic carbocycles. The van der Waals surface area contributed by atoms with Crippen LogP contribution in [0.1, 0.15) is 64.6 Å². The van der Waals surface area contributed by atoms with Gasteiger partial charge in [0.2, 0.25) is 15.9 Å². The third kappa shape index (κ3) is 6.66. The second kappa shape index (κ2) is 11.9. The number of carbonyl (C=O) groups excluding carboxylic acids is 3. The Morgan fingerprint density at radius 1 is 1.11 bits per heavy atom. The number of ether oxygens (including phenoxy) is 1. The Labute approximate surface area is 208 Å². The van der Waals surface area contributed by atoms with Gasteiger partial charge in [0.05, 0.1) is 13.0 Å². The smallest absolute Gasteiger partial charge is 0.286 e. The molecule has 4 rings (SSSR count). The Morgan fingerprint density at radius 3 is 2.66 bits per heavy atom. The van der Waals surface area contributed by atoms with E-state index in [0.29, 0.717) is 31.1 Å². The van der Waals surface area contributed by atoms with Crippen molar-refractivity contribution in [2.45, 2.75) is 44.9 Å². The number of aromatic nitrogens is 2. The molecule has 0 saturated carbocycles. The van der Waals surface area contributed by atoms with Gasteiger partial charge in [0.1, 0.15) is 5.75 Å².